The van der Waals surface area contributed by atoms with E-state index in [-0.39, 0.29) is 6.61 Å². The van der Waals surface area contributed by atoms with Crippen LogP contribution in [-0.4, -0.2) is 37.1 Å². The van der Waals surface area contributed by atoms with Crippen molar-refractivity contribution in [2.24, 2.45) is 0 Å². The summed E-state index contributed by atoms with van der Waals surface area (Å²) in [6.45, 7) is 2.95. The number of nitrogens with one attached hydrogen (secondary N) is 1. The molecule has 1 aromatic carbocycles. The average Bonchev–Trinajstić information content (AvgIpc) is 2.38. The maximum absolute atomic E-state index is 12.0. The van der Waals surface area contributed by atoms with Crippen molar-refractivity contribution >= 4 is 21.7 Å². The number of aromatic hydroxyl groups is 1. The first-order valence-electron chi connectivity index (χ1n) is 5.85. The predicted octanol–water partition coefficient (Wildman–Crippen LogP) is 0.530. The number of rotatable bonds is 6. The van der Waals surface area contributed by atoms with Gasteiger partial charge in [-0.25, -0.2) is 8.42 Å². The van der Waals surface area contributed by atoms with Crippen LogP contribution in [0.2, 0.25) is 0 Å². The van der Waals surface area contributed by atoms with Gasteiger partial charge in [0.25, 0.3) is 0 Å². The minimum atomic E-state index is -4.16. The number of carbonyl (C=O) groups excluding carboxylic acids is 1. The third-order valence-corrected chi connectivity index (χ3v) is 3.96. The number of carbonyl (C=O) groups is 1. The van der Waals surface area contributed by atoms with E-state index in [1.165, 1.54) is 6.92 Å². The van der Waals surface area contributed by atoms with Gasteiger partial charge in [-0.1, -0.05) is 0 Å². The summed E-state index contributed by atoms with van der Waals surface area (Å²) < 4.78 is 30.7. The first-order chi connectivity index (χ1) is 9.69. The second kappa shape index (κ2) is 6.50. The number of nitro groups is 1. The molecule has 0 heterocycles. The van der Waals surface area contributed by atoms with Gasteiger partial charge in [0.05, 0.1) is 16.4 Å². The van der Waals surface area contributed by atoms with E-state index < -0.39 is 43.3 Å². The smallest absolute Gasteiger partial charge is 0.323 e. The largest absolute Gasteiger partial charge is 0.502 e. The standard InChI is InChI=1S/C11H14N2O7S/c1-3-20-11(15)7(2)12-21(18,19)8-4-5-10(14)9(6-8)13(16)17/h4-7,12,14H,3H2,1-2H3. The Morgan fingerprint density at radius 3 is 2.67 bits per heavy atom. The van der Waals surface area contributed by atoms with Crippen molar-refractivity contribution in [1.82, 2.24) is 4.72 Å². The topological polar surface area (TPSA) is 136 Å². The number of nitrogens with zero attached hydrogens (tertiary/aromatic N) is 1. The minimum absolute atomic E-state index is 0.0928. The number of ether oxygens (including phenoxy) is 1. The summed E-state index contributed by atoms with van der Waals surface area (Å²) in [4.78, 5) is 20.7. The summed E-state index contributed by atoms with van der Waals surface area (Å²) in [6, 6.07) is 1.43. The van der Waals surface area contributed by atoms with Crippen LogP contribution < -0.4 is 4.72 Å². The second-order valence-electron chi connectivity index (χ2n) is 4.00. The molecule has 0 spiro atoms. The molecule has 1 aromatic rings. The lowest BCUT2D eigenvalue weighted by atomic mass is 10.3. The first-order valence-corrected chi connectivity index (χ1v) is 7.33. The van der Waals surface area contributed by atoms with Crippen LogP contribution in [0.25, 0.3) is 0 Å². The Labute approximate surface area is 120 Å². The van der Waals surface area contributed by atoms with Crippen molar-refractivity contribution in [1.29, 1.82) is 0 Å². The average molecular weight is 318 g/mol. The highest BCUT2D eigenvalue weighted by atomic mass is 32.2. The van der Waals surface area contributed by atoms with Crippen molar-refractivity contribution in [2.45, 2.75) is 24.8 Å². The molecule has 1 atom stereocenters. The zero-order valence-electron chi connectivity index (χ0n) is 11.3. The summed E-state index contributed by atoms with van der Waals surface area (Å²) in [6.07, 6.45) is 0. The van der Waals surface area contributed by atoms with Crippen LogP contribution in [-0.2, 0) is 19.6 Å². The zero-order valence-corrected chi connectivity index (χ0v) is 12.1. The Hall–Kier alpha value is -2.20. The molecule has 21 heavy (non-hydrogen) atoms. The van der Waals surface area contributed by atoms with Gasteiger partial charge in [0.2, 0.25) is 10.0 Å². The molecule has 1 unspecified atom stereocenters. The first kappa shape index (κ1) is 16.9. The molecule has 0 fully saturated rings. The number of esters is 1. The highest BCUT2D eigenvalue weighted by Crippen LogP contribution is 2.28. The van der Waals surface area contributed by atoms with Gasteiger partial charge in [-0.3, -0.25) is 14.9 Å². The molecule has 0 aromatic heterocycles. The molecule has 0 bridgehead atoms. The van der Waals surface area contributed by atoms with Crippen molar-refractivity contribution in [3.63, 3.8) is 0 Å². The minimum Gasteiger partial charge on any atom is -0.502 e. The number of sulfonamides is 1. The lowest BCUT2D eigenvalue weighted by Gasteiger charge is -2.13. The molecule has 116 valence electrons. The van der Waals surface area contributed by atoms with Crippen molar-refractivity contribution in [3.05, 3.63) is 28.3 Å². The Balaban J connectivity index is 3.06. The second-order valence-corrected chi connectivity index (χ2v) is 5.72. The van der Waals surface area contributed by atoms with Crippen molar-refractivity contribution < 1.29 is 28.0 Å². The van der Waals surface area contributed by atoms with E-state index in [1.54, 1.807) is 6.92 Å². The van der Waals surface area contributed by atoms with E-state index in [0.717, 1.165) is 12.1 Å². The van der Waals surface area contributed by atoms with Crippen LogP contribution in [0.1, 0.15) is 13.8 Å². The summed E-state index contributed by atoms with van der Waals surface area (Å²) >= 11 is 0. The van der Waals surface area contributed by atoms with Gasteiger partial charge in [0.15, 0.2) is 5.75 Å². The molecule has 9 nitrogen and oxygen atoms in total. The third-order valence-electron chi connectivity index (χ3n) is 2.43. The summed E-state index contributed by atoms with van der Waals surface area (Å²) in [7, 11) is -4.16. The molecule has 0 aliphatic heterocycles. The molecule has 1 rings (SSSR count). The third kappa shape index (κ3) is 4.13. The number of hydrogen-bond acceptors (Lipinski definition) is 7. The number of phenols is 1. The number of nitro benzene ring substituents is 1. The monoisotopic (exact) mass is 318 g/mol. The molecule has 10 heteroatoms. The summed E-state index contributed by atoms with van der Waals surface area (Å²) in [5.41, 5.74) is -0.748. The van der Waals surface area contributed by atoms with Gasteiger partial charge in [-0.15, -0.1) is 0 Å². The maximum Gasteiger partial charge on any atom is 0.323 e. The number of benzene rings is 1. The fourth-order valence-electron chi connectivity index (χ4n) is 1.43. The van der Waals surface area contributed by atoms with Crippen molar-refractivity contribution in [3.8, 4) is 5.75 Å². The van der Waals surface area contributed by atoms with Gasteiger partial charge in [0.1, 0.15) is 6.04 Å². The molecule has 0 aliphatic rings. The van der Waals surface area contributed by atoms with E-state index >= 15 is 0 Å². The number of phenolic OH excluding ortho intramolecular Hbond substituents is 1. The fourth-order valence-corrected chi connectivity index (χ4v) is 2.64. The molecule has 2 N–H and O–H groups in total. The summed E-state index contributed by atoms with van der Waals surface area (Å²) in [5.74, 6) is -1.42. The molecule has 0 saturated carbocycles. The normalized spacial score (nSPS) is 12.7. The maximum atomic E-state index is 12.0. The van der Waals surface area contributed by atoms with Gasteiger partial charge in [-0.05, 0) is 26.0 Å². The van der Waals surface area contributed by atoms with Gasteiger partial charge in [-0.2, -0.15) is 4.72 Å². The van der Waals surface area contributed by atoms with Gasteiger partial charge in [0, 0.05) is 6.07 Å². The Kier molecular flexibility index (Phi) is 5.22. The van der Waals surface area contributed by atoms with Crippen LogP contribution in [0.4, 0.5) is 5.69 Å². The fraction of sp³-hybridized carbons (Fsp3) is 0.364. The SMILES string of the molecule is CCOC(=O)C(C)NS(=O)(=O)c1ccc(O)c([N+](=O)[O-])c1. The Morgan fingerprint density at radius 2 is 2.14 bits per heavy atom. The van der Waals surface area contributed by atoms with E-state index in [2.05, 4.69) is 4.74 Å². The van der Waals surface area contributed by atoms with Crippen LogP contribution in [0.5, 0.6) is 5.75 Å². The van der Waals surface area contributed by atoms with Crippen LogP contribution in [0.3, 0.4) is 0 Å². The zero-order chi connectivity index (χ0) is 16.2. The van der Waals surface area contributed by atoms with Gasteiger partial charge < -0.3 is 9.84 Å². The molecular formula is C11H14N2O7S. The Bertz CT molecular complexity index is 657. The highest BCUT2D eigenvalue weighted by molar-refractivity contribution is 7.89. The lowest BCUT2D eigenvalue weighted by Crippen LogP contribution is -2.39. The van der Waals surface area contributed by atoms with Crippen LogP contribution in [0.15, 0.2) is 23.1 Å². The molecule has 0 radical (unpaired) electrons. The molecule has 0 saturated heterocycles. The molecular weight excluding hydrogens is 304 g/mol. The van der Waals surface area contributed by atoms with E-state index in [9.17, 15) is 28.4 Å². The lowest BCUT2D eigenvalue weighted by molar-refractivity contribution is -0.386. The van der Waals surface area contributed by atoms with Crippen LogP contribution in [0, 0.1) is 10.1 Å². The number of hydrogen-bond donors (Lipinski definition) is 2. The van der Waals surface area contributed by atoms with E-state index in [0.29, 0.717) is 6.07 Å². The molecule has 0 aliphatic carbocycles. The van der Waals surface area contributed by atoms with E-state index in [1.807, 2.05) is 4.72 Å². The molecule has 0 amide bonds. The highest BCUT2D eigenvalue weighted by Gasteiger charge is 2.25. The summed E-state index contributed by atoms with van der Waals surface area (Å²) in [5, 5.41) is 20.0. The van der Waals surface area contributed by atoms with E-state index in [4.69, 9.17) is 0 Å². The van der Waals surface area contributed by atoms with Crippen LogP contribution >= 0.6 is 0 Å². The quantitative estimate of drug-likeness (QED) is 0.443. The predicted molar refractivity (Wildman–Crippen MR) is 71.2 cm³/mol. The van der Waals surface area contributed by atoms with Gasteiger partial charge >= 0.3 is 11.7 Å². The van der Waals surface area contributed by atoms with Crippen molar-refractivity contribution in [2.75, 3.05) is 6.61 Å². The Morgan fingerprint density at radius 1 is 1.52 bits per heavy atom.